The topological polar surface area (TPSA) is 17.1 Å². The molecular weight excluding hydrogens is 251 g/mol. The number of ketones is 1. The molecule has 1 aliphatic rings. The highest BCUT2D eigenvalue weighted by atomic mass is 79.9. The Morgan fingerprint density at radius 2 is 2.31 bits per heavy atom. The fourth-order valence-corrected chi connectivity index (χ4v) is 1.91. The van der Waals surface area contributed by atoms with Gasteiger partial charge in [-0.3, -0.25) is 4.79 Å². The van der Waals surface area contributed by atoms with E-state index in [0.29, 0.717) is 12.3 Å². The monoisotopic (exact) mass is 262 g/mol. The van der Waals surface area contributed by atoms with Gasteiger partial charge in [0.2, 0.25) is 0 Å². The maximum atomic E-state index is 11.7. The molecule has 0 aliphatic heterocycles. The molecule has 0 N–H and O–H groups in total. The van der Waals surface area contributed by atoms with E-state index in [0.717, 1.165) is 12.8 Å². The average molecular weight is 264 g/mol. The van der Waals surface area contributed by atoms with Crippen LogP contribution in [0.15, 0.2) is 24.3 Å². The quantitative estimate of drug-likeness (QED) is 0.712. The number of alkyl halides is 2. The van der Waals surface area contributed by atoms with Crippen LogP contribution in [-0.2, 0) is 4.79 Å². The summed E-state index contributed by atoms with van der Waals surface area (Å²) in [7, 11) is 0. The zero-order valence-corrected chi connectivity index (χ0v) is 9.64. The molecule has 0 spiro atoms. The molecule has 0 radical (unpaired) electrons. The van der Waals surface area contributed by atoms with Gasteiger partial charge < -0.3 is 0 Å². The summed E-state index contributed by atoms with van der Waals surface area (Å²) < 4.78 is -0.464. The minimum atomic E-state index is -0.464. The lowest BCUT2D eigenvalue weighted by Crippen LogP contribution is -2.29. The summed E-state index contributed by atoms with van der Waals surface area (Å²) in [6.07, 6.45) is 9.80. The Bertz CT molecular complexity index is 247. The van der Waals surface area contributed by atoms with Gasteiger partial charge in [-0.15, -0.1) is 11.6 Å². The number of carbonyl (C=O) groups is 1. The van der Waals surface area contributed by atoms with Gasteiger partial charge in [0.25, 0.3) is 0 Å². The maximum absolute atomic E-state index is 11.7. The third kappa shape index (κ3) is 2.96. The van der Waals surface area contributed by atoms with Gasteiger partial charge in [-0.25, -0.2) is 0 Å². The lowest BCUT2D eigenvalue weighted by Gasteiger charge is -2.22. The number of hydrogen-bond donors (Lipinski definition) is 0. The highest BCUT2D eigenvalue weighted by Crippen LogP contribution is 2.30. The molecule has 0 heterocycles. The van der Waals surface area contributed by atoms with E-state index in [4.69, 9.17) is 11.6 Å². The first-order valence-corrected chi connectivity index (χ1v) is 5.64. The minimum Gasteiger partial charge on any atom is -0.298 e. The highest BCUT2D eigenvalue weighted by molar-refractivity contribution is 9.10. The first-order valence-electron chi connectivity index (χ1n) is 4.31. The Balaban J connectivity index is 2.54. The molecule has 0 bridgehead atoms. The molecule has 1 nitrogen and oxygen atoms in total. The second-order valence-electron chi connectivity index (χ2n) is 3.07. The minimum absolute atomic E-state index is 0.216. The molecule has 0 fully saturated rings. The molecular formula is C10H12BrClO. The van der Waals surface area contributed by atoms with Crippen LogP contribution in [0.25, 0.3) is 0 Å². The molecule has 1 unspecified atom stereocenters. The van der Waals surface area contributed by atoms with Gasteiger partial charge in [0.1, 0.15) is 4.32 Å². The van der Waals surface area contributed by atoms with Crippen molar-refractivity contribution in [1.29, 1.82) is 0 Å². The third-order valence-corrected chi connectivity index (χ3v) is 3.32. The number of rotatable bonds is 4. The van der Waals surface area contributed by atoms with Gasteiger partial charge in [-0.2, -0.15) is 0 Å². The summed E-state index contributed by atoms with van der Waals surface area (Å²) in [5.41, 5.74) is 0. The van der Waals surface area contributed by atoms with Gasteiger partial charge >= 0.3 is 0 Å². The average Bonchev–Trinajstić information content (AvgIpc) is 2.15. The fourth-order valence-electron chi connectivity index (χ4n) is 1.24. The van der Waals surface area contributed by atoms with Crippen molar-refractivity contribution in [2.75, 3.05) is 5.88 Å². The summed E-state index contributed by atoms with van der Waals surface area (Å²) in [4.78, 5) is 11.7. The first-order chi connectivity index (χ1) is 6.19. The van der Waals surface area contributed by atoms with Crippen LogP contribution in [0.3, 0.4) is 0 Å². The zero-order valence-electron chi connectivity index (χ0n) is 7.30. The van der Waals surface area contributed by atoms with Crippen LogP contribution in [0.1, 0.15) is 19.3 Å². The predicted molar refractivity (Wildman–Crippen MR) is 59.5 cm³/mol. The van der Waals surface area contributed by atoms with Gasteiger partial charge in [0, 0.05) is 12.3 Å². The molecule has 0 amide bonds. The van der Waals surface area contributed by atoms with Gasteiger partial charge in [-0.05, 0) is 12.8 Å². The van der Waals surface area contributed by atoms with Crippen molar-refractivity contribution in [1.82, 2.24) is 0 Å². The lowest BCUT2D eigenvalue weighted by atomic mass is 9.93. The van der Waals surface area contributed by atoms with Crippen LogP contribution in [-0.4, -0.2) is 16.0 Å². The Morgan fingerprint density at radius 1 is 1.54 bits per heavy atom. The third-order valence-electron chi connectivity index (χ3n) is 2.02. The molecule has 1 rings (SSSR count). The predicted octanol–water partition coefficient (Wildman–Crippen LogP) is 3.22. The van der Waals surface area contributed by atoms with E-state index in [1.165, 1.54) is 0 Å². The SMILES string of the molecule is O=C(CCCCl)C1(Br)C=CC=CC1. The number of halogens is 2. The molecule has 72 valence electrons. The van der Waals surface area contributed by atoms with Crippen molar-refractivity contribution in [3.8, 4) is 0 Å². The Kier molecular flexibility index (Phi) is 4.20. The highest BCUT2D eigenvalue weighted by Gasteiger charge is 2.31. The van der Waals surface area contributed by atoms with E-state index in [-0.39, 0.29) is 5.78 Å². The van der Waals surface area contributed by atoms with Crippen molar-refractivity contribution < 1.29 is 4.79 Å². The van der Waals surface area contributed by atoms with Crippen molar-refractivity contribution in [3.63, 3.8) is 0 Å². The van der Waals surface area contributed by atoms with Crippen molar-refractivity contribution in [2.45, 2.75) is 23.6 Å². The molecule has 0 aromatic carbocycles. The number of carbonyl (C=O) groups excluding carboxylic acids is 1. The summed E-state index contributed by atoms with van der Waals surface area (Å²) in [6, 6.07) is 0. The van der Waals surface area contributed by atoms with Crippen molar-refractivity contribution >= 4 is 33.3 Å². The summed E-state index contributed by atoms with van der Waals surface area (Å²) in [5, 5.41) is 0. The van der Waals surface area contributed by atoms with Crippen LogP contribution < -0.4 is 0 Å². The molecule has 13 heavy (non-hydrogen) atoms. The second kappa shape index (κ2) is 4.97. The molecule has 1 atom stereocenters. The molecule has 0 aromatic rings. The first kappa shape index (κ1) is 11.0. The van der Waals surface area contributed by atoms with Crippen LogP contribution >= 0.6 is 27.5 Å². The Morgan fingerprint density at radius 3 is 2.85 bits per heavy atom. The van der Waals surface area contributed by atoms with Crippen LogP contribution in [0, 0.1) is 0 Å². The van der Waals surface area contributed by atoms with E-state index < -0.39 is 4.32 Å². The van der Waals surface area contributed by atoms with E-state index in [9.17, 15) is 4.79 Å². The molecule has 0 saturated carbocycles. The van der Waals surface area contributed by atoms with Gasteiger partial charge in [-0.1, -0.05) is 40.2 Å². The number of Topliss-reactive ketones (excluding diaryl/α,β-unsaturated/α-hetero) is 1. The summed E-state index contributed by atoms with van der Waals surface area (Å²) in [6.45, 7) is 0. The fraction of sp³-hybridized carbons (Fsp3) is 0.500. The molecule has 0 saturated heterocycles. The molecule has 3 heteroatoms. The lowest BCUT2D eigenvalue weighted by molar-refractivity contribution is -0.120. The Hall–Kier alpha value is -0.0800. The smallest absolute Gasteiger partial charge is 0.153 e. The van der Waals surface area contributed by atoms with Gasteiger partial charge in [0.05, 0.1) is 0 Å². The normalized spacial score (nSPS) is 26.3. The Labute approximate surface area is 92.0 Å². The maximum Gasteiger partial charge on any atom is 0.153 e. The van der Waals surface area contributed by atoms with E-state index in [2.05, 4.69) is 15.9 Å². The van der Waals surface area contributed by atoms with Crippen LogP contribution in [0.2, 0.25) is 0 Å². The zero-order chi connectivity index (χ0) is 9.73. The van der Waals surface area contributed by atoms with Crippen molar-refractivity contribution in [2.24, 2.45) is 0 Å². The van der Waals surface area contributed by atoms with E-state index in [1.807, 2.05) is 24.3 Å². The molecule has 0 aromatic heterocycles. The van der Waals surface area contributed by atoms with Gasteiger partial charge in [0.15, 0.2) is 5.78 Å². The number of hydrogen-bond acceptors (Lipinski definition) is 1. The van der Waals surface area contributed by atoms with Crippen LogP contribution in [0.4, 0.5) is 0 Å². The largest absolute Gasteiger partial charge is 0.298 e. The second-order valence-corrected chi connectivity index (χ2v) is 4.86. The number of allylic oxidation sites excluding steroid dienone is 4. The molecule has 1 aliphatic carbocycles. The standard InChI is InChI=1S/C10H12BrClO/c11-10(6-2-1-3-7-10)9(13)5-4-8-12/h1-3,6H,4-5,7-8H2. The summed E-state index contributed by atoms with van der Waals surface area (Å²) in [5.74, 6) is 0.766. The summed E-state index contributed by atoms with van der Waals surface area (Å²) >= 11 is 8.99. The van der Waals surface area contributed by atoms with E-state index in [1.54, 1.807) is 0 Å². The van der Waals surface area contributed by atoms with Crippen LogP contribution in [0.5, 0.6) is 0 Å². The van der Waals surface area contributed by atoms with E-state index >= 15 is 0 Å². The van der Waals surface area contributed by atoms with Crippen molar-refractivity contribution in [3.05, 3.63) is 24.3 Å².